The minimum Gasteiger partial charge on any atom is -0.362 e. The number of piperidine rings is 1. The largest absolute Gasteiger partial charge is 0.362 e. The Hall–Kier alpha value is -3.48. The zero-order valence-corrected chi connectivity index (χ0v) is 22.8. The summed E-state index contributed by atoms with van der Waals surface area (Å²) < 4.78 is 33.8. The first-order valence-electron chi connectivity index (χ1n) is 13.2. The molecule has 0 aromatic heterocycles. The minimum atomic E-state index is -3.79. The van der Waals surface area contributed by atoms with Crippen LogP contribution in [0, 0.1) is 19.3 Å². The molecule has 1 N–H and O–H groups in total. The summed E-state index contributed by atoms with van der Waals surface area (Å²) in [6.07, 6.45) is 6.72. The number of fused-ring (bicyclic) bond motifs is 3. The Balaban J connectivity index is 1.49. The van der Waals surface area contributed by atoms with Crippen LogP contribution >= 0.6 is 0 Å². The fraction of sp³-hybridized carbons (Fsp3) is 0.281. The second kappa shape index (κ2) is 8.01. The van der Waals surface area contributed by atoms with Gasteiger partial charge in [-0.3, -0.25) is 0 Å². The molecule has 0 saturated carbocycles. The Labute approximate surface area is 224 Å². The summed E-state index contributed by atoms with van der Waals surface area (Å²) in [5, 5.41) is 0. The van der Waals surface area contributed by atoms with Crippen molar-refractivity contribution in [2.45, 2.75) is 43.8 Å². The number of rotatable bonds is 4. The number of hydrogen-bond acceptors (Lipinski definition) is 3. The van der Waals surface area contributed by atoms with Gasteiger partial charge in [-0.05, 0) is 45.0 Å². The molecule has 6 heteroatoms. The molecule has 0 amide bonds. The van der Waals surface area contributed by atoms with Crippen molar-refractivity contribution in [1.29, 1.82) is 0 Å². The summed E-state index contributed by atoms with van der Waals surface area (Å²) in [6.45, 7) is 8.35. The molecular weight excluding hydrogens is 490 g/mol. The minimum absolute atomic E-state index is 0.304. The van der Waals surface area contributed by atoms with Crippen LogP contribution in [0.1, 0.15) is 29.2 Å². The van der Waals surface area contributed by atoms with E-state index in [-0.39, 0.29) is 6.04 Å². The lowest BCUT2D eigenvalue weighted by atomic mass is 9.64. The van der Waals surface area contributed by atoms with Crippen molar-refractivity contribution in [2.24, 2.45) is 5.41 Å². The topological polar surface area (TPSA) is 52.4 Å². The zero-order chi connectivity index (χ0) is 26.3. The van der Waals surface area contributed by atoms with Crippen LogP contribution in [0.3, 0.4) is 0 Å². The standard InChI is InChI=1S/C32H32N3O2S/c1-22-9-13-27(14-10-22)38(36,37)33-30-31-18-24(3)12-16-29(31)35-19-25-17-23(2)11-15-28(25)34(20-31)21-32(30,35)26-7-5-4-6-8-26/h4-18,30,33H,19-21H2,1-3H3/q+1. The lowest BCUT2D eigenvalue weighted by molar-refractivity contribution is -0.622. The van der Waals surface area contributed by atoms with Gasteiger partial charge in [-0.25, -0.2) is 13.0 Å². The first-order chi connectivity index (χ1) is 18.2. The Morgan fingerprint density at radius 3 is 2.39 bits per heavy atom. The number of allylic oxidation sites excluding steroid dienone is 3. The van der Waals surface area contributed by atoms with Crippen LogP contribution in [-0.4, -0.2) is 37.8 Å². The number of hydrogen-bond donors (Lipinski definition) is 1. The van der Waals surface area contributed by atoms with E-state index in [4.69, 9.17) is 0 Å². The summed E-state index contributed by atoms with van der Waals surface area (Å²) in [4.78, 5) is 2.80. The molecule has 3 aliphatic heterocycles. The maximum atomic E-state index is 14.0. The van der Waals surface area contributed by atoms with E-state index in [1.165, 1.54) is 22.5 Å². The smallest absolute Gasteiger partial charge is 0.241 e. The van der Waals surface area contributed by atoms with E-state index in [1.54, 1.807) is 12.1 Å². The van der Waals surface area contributed by atoms with Crippen molar-refractivity contribution in [1.82, 2.24) is 4.72 Å². The summed E-state index contributed by atoms with van der Waals surface area (Å²) in [5.41, 5.74) is 7.18. The molecule has 38 heavy (non-hydrogen) atoms. The molecule has 3 bridgehead atoms. The molecule has 3 aromatic rings. The van der Waals surface area contributed by atoms with E-state index in [2.05, 4.69) is 88.7 Å². The zero-order valence-electron chi connectivity index (χ0n) is 22.0. The van der Waals surface area contributed by atoms with E-state index < -0.39 is 21.0 Å². The molecule has 192 valence electrons. The maximum Gasteiger partial charge on any atom is 0.241 e. The molecule has 3 unspecified atom stereocenters. The average molecular weight is 523 g/mol. The van der Waals surface area contributed by atoms with E-state index in [0.717, 1.165) is 23.2 Å². The Morgan fingerprint density at radius 2 is 1.63 bits per heavy atom. The quantitative estimate of drug-likeness (QED) is 0.499. The van der Waals surface area contributed by atoms with Crippen molar-refractivity contribution < 1.29 is 13.0 Å². The van der Waals surface area contributed by atoms with Gasteiger partial charge in [0.15, 0.2) is 12.3 Å². The van der Waals surface area contributed by atoms with Crippen molar-refractivity contribution >= 4 is 21.4 Å². The number of aryl methyl sites for hydroxylation is 2. The predicted octanol–water partition coefficient (Wildman–Crippen LogP) is 4.85. The number of nitrogens with one attached hydrogen (secondary N) is 1. The van der Waals surface area contributed by atoms with E-state index in [9.17, 15) is 8.42 Å². The number of anilines is 1. The lowest BCUT2D eigenvalue weighted by Gasteiger charge is -2.47. The molecule has 0 radical (unpaired) electrons. The second-order valence-electron chi connectivity index (χ2n) is 11.4. The van der Waals surface area contributed by atoms with Gasteiger partial charge in [-0.2, -0.15) is 4.72 Å². The molecule has 7 rings (SSSR count). The van der Waals surface area contributed by atoms with Crippen molar-refractivity contribution in [3.8, 4) is 0 Å². The fourth-order valence-electron chi connectivity index (χ4n) is 7.32. The van der Waals surface area contributed by atoms with Gasteiger partial charge >= 0.3 is 0 Å². The van der Waals surface area contributed by atoms with Crippen molar-refractivity contribution in [3.63, 3.8) is 0 Å². The molecule has 3 aromatic carbocycles. The summed E-state index contributed by atoms with van der Waals surface area (Å²) in [6, 6.07) is 24.0. The van der Waals surface area contributed by atoms with Gasteiger partial charge in [-0.1, -0.05) is 77.4 Å². The summed E-state index contributed by atoms with van der Waals surface area (Å²) in [5.74, 6) is 0. The molecule has 1 saturated heterocycles. The van der Waals surface area contributed by atoms with Crippen LogP contribution in [0.5, 0.6) is 0 Å². The second-order valence-corrected chi connectivity index (χ2v) is 13.1. The molecular formula is C32H32N3O2S+. The first kappa shape index (κ1) is 23.6. The van der Waals surface area contributed by atoms with Crippen molar-refractivity contribution in [3.05, 3.63) is 119 Å². The fourth-order valence-corrected chi connectivity index (χ4v) is 8.67. The number of sulfonamides is 1. The maximum absolute atomic E-state index is 14.0. The van der Waals surface area contributed by atoms with Gasteiger partial charge in [0, 0.05) is 29.4 Å². The molecule has 4 aliphatic rings. The van der Waals surface area contributed by atoms with Crippen LogP contribution in [0.15, 0.2) is 101 Å². The highest BCUT2D eigenvalue weighted by atomic mass is 32.2. The molecule has 1 aliphatic carbocycles. The van der Waals surface area contributed by atoms with Gasteiger partial charge in [0.05, 0.1) is 11.4 Å². The third-order valence-corrected chi connectivity index (χ3v) is 10.3. The van der Waals surface area contributed by atoms with E-state index in [0.29, 0.717) is 18.0 Å². The Kier molecular flexibility index (Phi) is 4.98. The van der Waals surface area contributed by atoms with E-state index >= 15 is 0 Å². The molecule has 1 spiro atoms. The molecule has 3 atom stereocenters. The molecule has 5 nitrogen and oxygen atoms in total. The van der Waals surface area contributed by atoms with Crippen molar-refractivity contribution in [2.75, 3.05) is 18.0 Å². The third-order valence-electron chi connectivity index (χ3n) is 8.90. The Bertz CT molecular complexity index is 1670. The highest BCUT2D eigenvalue weighted by molar-refractivity contribution is 7.89. The van der Waals surface area contributed by atoms with Crippen LogP contribution in [0.4, 0.5) is 5.69 Å². The number of nitrogens with zero attached hydrogens (tertiary/aromatic N) is 2. The average Bonchev–Trinajstić information content (AvgIpc) is 2.97. The van der Waals surface area contributed by atoms with Gasteiger partial charge in [-0.15, -0.1) is 0 Å². The van der Waals surface area contributed by atoms with Crippen LogP contribution in [-0.2, 0) is 22.1 Å². The van der Waals surface area contributed by atoms with Gasteiger partial charge in [0.2, 0.25) is 15.6 Å². The monoisotopic (exact) mass is 522 g/mol. The van der Waals surface area contributed by atoms with E-state index in [1.807, 2.05) is 25.1 Å². The highest BCUT2D eigenvalue weighted by Gasteiger charge is 2.73. The van der Waals surface area contributed by atoms with Gasteiger partial charge < -0.3 is 4.90 Å². The Morgan fingerprint density at radius 1 is 0.895 bits per heavy atom. The van der Waals surface area contributed by atoms with Gasteiger partial charge in [0.25, 0.3) is 0 Å². The van der Waals surface area contributed by atoms with Crippen LogP contribution < -0.4 is 9.62 Å². The SMILES string of the molecule is CC1=CC23CN4CC(c5ccccc5)(C2NS(=O)(=O)c2ccc(C)cc2)[N+](=C3C=C1)Cc1cc(C)ccc14. The predicted molar refractivity (Wildman–Crippen MR) is 151 cm³/mol. The van der Waals surface area contributed by atoms with Crippen LogP contribution in [0.2, 0.25) is 0 Å². The van der Waals surface area contributed by atoms with Gasteiger partial charge in [0.1, 0.15) is 11.5 Å². The molecule has 1 fully saturated rings. The normalized spacial score (nSPS) is 27.2. The lowest BCUT2D eigenvalue weighted by Crippen LogP contribution is -2.68. The summed E-state index contributed by atoms with van der Waals surface area (Å²) >= 11 is 0. The number of benzene rings is 3. The first-order valence-corrected chi connectivity index (χ1v) is 14.7. The third kappa shape index (κ3) is 3.20. The summed E-state index contributed by atoms with van der Waals surface area (Å²) in [7, 11) is -3.79. The highest BCUT2D eigenvalue weighted by Crippen LogP contribution is 2.56. The van der Waals surface area contributed by atoms with Crippen LogP contribution in [0.25, 0.3) is 0 Å². The molecule has 3 heterocycles.